The third-order valence-electron chi connectivity index (χ3n) is 5.43. The summed E-state index contributed by atoms with van der Waals surface area (Å²) in [6, 6.07) is 16.4. The summed E-state index contributed by atoms with van der Waals surface area (Å²) in [6.07, 6.45) is 1.36. The number of carbonyl (C=O) groups is 3. The standard InChI is InChI=1S/C26H20Cl2N2O4/c1-15-7-8-17(11-16(15)2)14-34-23-10-9-19(27)12-18(23)13-20-24(31)29-26(33)30(25(20)32)22-6-4-3-5-21(22)28/h3-13H,14H2,1-2H3,(H,29,31,33)/b20-13+. The van der Waals surface area contributed by atoms with Crippen LogP contribution in [0.1, 0.15) is 22.3 Å². The van der Waals surface area contributed by atoms with Crippen molar-refractivity contribution in [2.24, 2.45) is 0 Å². The Labute approximate surface area is 206 Å². The Morgan fingerprint density at radius 1 is 0.941 bits per heavy atom. The molecular weight excluding hydrogens is 475 g/mol. The Balaban J connectivity index is 1.68. The molecule has 0 atom stereocenters. The van der Waals surface area contributed by atoms with Crippen LogP contribution in [-0.2, 0) is 16.2 Å². The first-order valence-electron chi connectivity index (χ1n) is 10.4. The van der Waals surface area contributed by atoms with Gasteiger partial charge in [0.25, 0.3) is 11.8 Å². The zero-order chi connectivity index (χ0) is 24.4. The van der Waals surface area contributed by atoms with Crippen LogP contribution in [0.2, 0.25) is 10.0 Å². The first kappa shape index (κ1) is 23.5. The van der Waals surface area contributed by atoms with Gasteiger partial charge in [-0.15, -0.1) is 0 Å². The van der Waals surface area contributed by atoms with Gasteiger partial charge >= 0.3 is 6.03 Å². The highest BCUT2D eigenvalue weighted by molar-refractivity contribution is 6.42. The predicted molar refractivity (Wildman–Crippen MR) is 132 cm³/mol. The van der Waals surface area contributed by atoms with Crippen molar-refractivity contribution in [3.8, 4) is 5.75 Å². The van der Waals surface area contributed by atoms with E-state index in [2.05, 4.69) is 5.32 Å². The number of imide groups is 2. The zero-order valence-electron chi connectivity index (χ0n) is 18.4. The molecule has 0 unspecified atom stereocenters. The maximum atomic E-state index is 13.2. The largest absolute Gasteiger partial charge is 0.488 e. The summed E-state index contributed by atoms with van der Waals surface area (Å²) in [7, 11) is 0. The monoisotopic (exact) mass is 494 g/mol. The molecule has 4 amide bonds. The number of rotatable bonds is 5. The molecule has 3 aromatic rings. The van der Waals surface area contributed by atoms with Gasteiger partial charge in [0, 0.05) is 10.6 Å². The summed E-state index contributed by atoms with van der Waals surface area (Å²) in [6.45, 7) is 4.34. The molecule has 0 aromatic heterocycles. The van der Waals surface area contributed by atoms with Crippen LogP contribution in [0.15, 0.2) is 66.2 Å². The van der Waals surface area contributed by atoms with Gasteiger partial charge in [0.15, 0.2) is 0 Å². The van der Waals surface area contributed by atoms with E-state index in [9.17, 15) is 14.4 Å². The first-order valence-corrected chi connectivity index (χ1v) is 11.1. The molecule has 1 heterocycles. The number of hydrogen-bond donors (Lipinski definition) is 1. The molecule has 0 spiro atoms. The van der Waals surface area contributed by atoms with Crippen LogP contribution in [0, 0.1) is 13.8 Å². The molecule has 0 saturated carbocycles. The number of urea groups is 1. The summed E-state index contributed by atoms with van der Waals surface area (Å²) < 4.78 is 5.99. The number of barbiturate groups is 1. The second kappa shape index (κ2) is 9.71. The SMILES string of the molecule is Cc1ccc(COc2ccc(Cl)cc2/C=C2\C(=O)NC(=O)N(c3ccccc3Cl)C2=O)cc1C. The van der Waals surface area contributed by atoms with E-state index in [4.69, 9.17) is 27.9 Å². The minimum atomic E-state index is -0.877. The molecule has 1 fully saturated rings. The minimum Gasteiger partial charge on any atom is -0.488 e. The maximum Gasteiger partial charge on any atom is 0.335 e. The average Bonchev–Trinajstić information content (AvgIpc) is 2.79. The lowest BCUT2D eigenvalue weighted by atomic mass is 10.1. The third kappa shape index (κ3) is 4.83. The van der Waals surface area contributed by atoms with Gasteiger partial charge in [-0.2, -0.15) is 0 Å². The number of para-hydroxylation sites is 1. The molecule has 1 aliphatic heterocycles. The van der Waals surface area contributed by atoms with Crippen LogP contribution in [-0.4, -0.2) is 17.8 Å². The van der Waals surface area contributed by atoms with Gasteiger partial charge in [0.05, 0.1) is 10.7 Å². The highest BCUT2D eigenvalue weighted by atomic mass is 35.5. The number of benzene rings is 3. The molecule has 0 radical (unpaired) electrons. The number of nitrogens with zero attached hydrogens (tertiary/aromatic N) is 1. The van der Waals surface area contributed by atoms with Crippen LogP contribution in [0.4, 0.5) is 10.5 Å². The van der Waals surface area contributed by atoms with Crippen LogP contribution in [0.5, 0.6) is 5.75 Å². The van der Waals surface area contributed by atoms with Crippen molar-refractivity contribution in [1.29, 1.82) is 0 Å². The molecular formula is C26H20Cl2N2O4. The predicted octanol–water partition coefficient (Wildman–Crippen LogP) is 5.86. The lowest BCUT2D eigenvalue weighted by Gasteiger charge is -2.27. The van der Waals surface area contributed by atoms with Gasteiger partial charge in [-0.1, -0.05) is 53.5 Å². The fourth-order valence-corrected chi connectivity index (χ4v) is 3.88. The lowest BCUT2D eigenvalue weighted by molar-refractivity contribution is -0.122. The van der Waals surface area contributed by atoms with Gasteiger partial charge in [-0.3, -0.25) is 14.9 Å². The van der Waals surface area contributed by atoms with E-state index in [0.29, 0.717) is 16.3 Å². The minimum absolute atomic E-state index is 0.169. The molecule has 0 aliphatic carbocycles. The summed E-state index contributed by atoms with van der Waals surface area (Å²) in [5, 5.41) is 2.78. The molecule has 8 heteroatoms. The number of ether oxygens (including phenoxy) is 1. The van der Waals surface area contributed by atoms with E-state index in [0.717, 1.165) is 16.0 Å². The highest BCUT2D eigenvalue weighted by Gasteiger charge is 2.37. The Morgan fingerprint density at radius 2 is 1.71 bits per heavy atom. The van der Waals surface area contributed by atoms with Crippen molar-refractivity contribution < 1.29 is 19.1 Å². The number of aryl methyl sites for hydroxylation is 2. The van der Waals surface area contributed by atoms with E-state index >= 15 is 0 Å². The molecule has 4 rings (SSSR count). The number of halogens is 2. The third-order valence-corrected chi connectivity index (χ3v) is 5.99. The van der Waals surface area contributed by atoms with E-state index in [1.54, 1.807) is 36.4 Å². The fourth-order valence-electron chi connectivity index (χ4n) is 3.48. The molecule has 1 saturated heterocycles. The lowest BCUT2D eigenvalue weighted by Crippen LogP contribution is -2.54. The fraction of sp³-hybridized carbons (Fsp3) is 0.115. The van der Waals surface area contributed by atoms with Crippen LogP contribution >= 0.6 is 23.2 Å². The summed E-state index contributed by atoms with van der Waals surface area (Å²) >= 11 is 12.4. The smallest absolute Gasteiger partial charge is 0.335 e. The molecule has 1 N–H and O–H groups in total. The van der Waals surface area contributed by atoms with Gasteiger partial charge in [0.2, 0.25) is 0 Å². The topological polar surface area (TPSA) is 75.7 Å². The van der Waals surface area contributed by atoms with Crippen molar-refractivity contribution in [2.45, 2.75) is 20.5 Å². The molecule has 34 heavy (non-hydrogen) atoms. The van der Waals surface area contributed by atoms with Crippen molar-refractivity contribution in [3.63, 3.8) is 0 Å². The quantitative estimate of drug-likeness (QED) is 0.356. The molecule has 3 aromatic carbocycles. The van der Waals surface area contributed by atoms with Crippen LogP contribution in [0.3, 0.4) is 0 Å². The number of amides is 4. The van der Waals surface area contributed by atoms with Crippen molar-refractivity contribution in [3.05, 3.63) is 98.5 Å². The average molecular weight is 495 g/mol. The van der Waals surface area contributed by atoms with Crippen LogP contribution < -0.4 is 15.0 Å². The van der Waals surface area contributed by atoms with E-state index in [1.807, 2.05) is 32.0 Å². The van der Waals surface area contributed by atoms with Gasteiger partial charge in [-0.05, 0) is 66.9 Å². The summed E-state index contributed by atoms with van der Waals surface area (Å²) in [5.74, 6) is -1.20. The maximum absolute atomic E-state index is 13.2. The number of nitrogens with one attached hydrogen (secondary N) is 1. The van der Waals surface area contributed by atoms with E-state index < -0.39 is 17.8 Å². The van der Waals surface area contributed by atoms with Crippen molar-refractivity contribution in [2.75, 3.05) is 4.90 Å². The molecule has 172 valence electrons. The zero-order valence-corrected chi connectivity index (χ0v) is 19.9. The number of anilines is 1. The number of hydrogen-bond acceptors (Lipinski definition) is 4. The Kier molecular flexibility index (Phi) is 6.72. The van der Waals surface area contributed by atoms with Crippen LogP contribution in [0.25, 0.3) is 6.08 Å². The van der Waals surface area contributed by atoms with Crippen molar-refractivity contribution >= 4 is 52.8 Å². The molecule has 6 nitrogen and oxygen atoms in total. The highest BCUT2D eigenvalue weighted by Crippen LogP contribution is 2.31. The van der Waals surface area contributed by atoms with Gasteiger partial charge < -0.3 is 4.74 Å². The summed E-state index contributed by atoms with van der Waals surface area (Å²) in [5.41, 5.74) is 3.63. The molecule has 0 bridgehead atoms. The van der Waals surface area contributed by atoms with E-state index in [1.165, 1.54) is 17.7 Å². The Hall–Kier alpha value is -3.61. The van der Waals surface area contributed by atoms with Crippen molar-refractivity contribution in [1.82, 2.24) is 5.32 Å². The van der Waals surface area contributed by atoms with Gasteiger partial charge in [0.1, 0.15) is 17.9 Å². The Bertz CT molecular complexity index is 1350. The number of carbonyl (C=O) groups excluding carboxylic acids is 3. The molecule has 1 aliphatic rings. The second-order valence-corrected chi connectivity index (χ2v) is 8.64. The second-order valence-electron chi connectivity index (χ2n) is 7.80. The van der Waals surface area contributed by atoms with Gasteiger partial charge in [-0.25, -0.2) is 9.69 Å². The first-order chi connectivity index (χ1) is 16.2. The normalized spacial score (nSPS) is 15.0. The summed E-state index contributed by atoms with van der Waals surface area (Å²) in [4.78, 5) is 39.0. The Morgan fingerprint density at radius 3 is 2.44 bits per heavy atom. The van der Waals surface area contributed by atoms with E-state index in [-0.39, 0.29) is 22.9 Å².